The van der Waals surface area contributed by atoms with Gasteiger partial charge in [0.25, 0.3) is 17.7 Å². The maximum absolute atomic E-state index is 14.9. The first-order valence-corrected chi connectivity index (χ1v) is 23.0. The maximum atomic E-state index is 14.9. The molecule has 354 valence electrons. The molecule has 20 nitrogen and oxygen atoms in total. The molecule has 0 radical (unpaired) electrons. The average Bonchev–Trinajstić information content (AvgIpc) is 3.95. The van der Waals surface area contributed by atoms with Gasteiger partial charge in [0.15, 0.2) is 5.65 Å². The zero-order valence-corrected chi connectivity index (χ0v) is 37.9. The Morgan fingerprint density at radius 3 is 2.36 bits per heavy atom. The molecule has 4 aromatic rings. The van der Waals surface area contributed by atoms with Crippen LogP contribution in [0.3, 0.4) is 0 Å². The molecule has 4 N–H and O–H groups in total. The van der Waals surface area contributed by atoms with Crippen molar-refractivity contribution in [3.8, 4) is 0 Å². The second kappa shape index (κ2) is 18.0. The van der Waals surface area contributed by atoms with Crippen LogP contribution in [0.25, 0.3) is 5.65 Å². The van der Waals surface area contributed by atoms with Gasteiger partial charge in [-0.05, 0) is 96.9 Å². The van der Waals surface area contributed by atoms with Crippen LogP contribution in [0.4, 0.5) is 26.4 Å². The van der Waals surface area contributed by atoms with Gasteiger partial charge in [0.2, 0.25) is 17.7 Å². The van der Waals surface area contributed by atoms with E-state index in [1.165, 1.54) is 10.7 Å². The summed E-state index contributed by atoms with van der Waals surface area (Å²) in [6.45, 7) is 8.74. The zero-order chi connectivity index (χ0) is 47.3. The Bertz CT molecular complexity index is 2640. The van der Waals surface area contributed by atoms with Crippen LogP contribution in [0, 0.1) is 12.8 Å². The SMILES string of the molecule is Cc1nn(C2CCC(C(=O)NC3CCN(c4ccc5c(c4)C(=O)N(C4CCC(=O)NC4=O)C5=O)CC3)CC2)cc1NC(=O)c1cnn2ccc(N3C[C@H](F)C[C@@H](NC(=O)OC(C)(C)C)C3)nc12. The van der Waals surface area contributed by atoms with Crippen LogP contribution in [0.5, 0.6) is 0 Å². The molecule has 9 rings (SSSR count). The number of hydrogen-bond donors (Lipinski definition) is 4. The van der Waals surface area contributed by atoms with Crippen molar-refractivity contribution in [2.24, 2.45) is 5.92 Å². The number of amides is 7. The number of hydrogen-bond acceptors (Lipinski definition) is 13. The second-order valence-electron chi connectivity index (χ2n) is 19.2. The number of nitrogens with one attached hydrogen (secondary N) is 4. The molecule has 3 atom stereocenters. The predicted molar refractivity (Wildman–Crippen MR) is 240 cm³/mol. The minimum Gasteiger partial charge on any atom is -0.444 e. The highest BCUT2D eigenvalue weighted by Crippen LogP contribution is 2.35. The van der Waals surface area contributed by atoms with Crippen molar-refractivity contribution in [2.75, 3.05) is 41.3 Å². The maximum Gasteiger partial charge on any atom is 0.407 e. The van der Waals surface area contributed by atoms with Gasteiger partial charge in [-0.1, -0.05) is 0 Å². The number of alkyl halides is 1. The first-order chi connectivity index (χ1) is 32.0. The topological polar surface area (TPSA) is 235 Å². The summed E-state index contributed by atoms with van der Waals surface area (Å²) in [6, 6.07) is 5.31. The number of rotatable bonds is 9. The molecule has 3 saturated heterocycles. The van der Waals surface area contributed by atoms with Crippen LogP contribution < -0.4 is 31.1 Å². The molecule has 67 heavy (non-hydrogen) atoms. The van der Waals surface area contributed by atoms with Crippen molar-refractivity contribution in [3.63, 3.8) is 0 Å². The fraction of sp³-hybridized carbons (Fsp3) is 0.522. The smallest absolute Gasteiger partial charge is 0.407 e. The third kappa shape index (κ3) is 9.53. The van der Waals surface area contributed by atoms with E-state index in [2.05, 4.69) is 31.3 Å². The van der Waals surface area contributed by atoms with Crippen molar-refractivity contribution in [2.45, 2.75) is 121 Å². The van der Waals surface area contributed by atoms with E-state index in [0.717, 1.165) is 23.4 Å². The number of fused-ring (bicyclic) bond motifs is 2. The highest BCUT2D eigenvalue weighted by atomic mass is 19.1. The number of imide groups is 2. The quantitative estimate of drug-likeness (QED) is 0.175. The number of aryl methyl sites for hydroxylation is 1. The van der Waals surface area contributed by atoms with Crippen molar-refractivity contribution in [1.29, 1.82) is 0 Å². The minimum absolute atomic E-state index is 0.00950. The summed E-state index contributed by atoms with van der Waals surface area (Å²) in [7, 11) is 0. The summed E-state index contributed by atoms with van der Waals surface area (Å²) in [5.74, 6) is -2.26. The Balaban J connectivity index is 0.751. The van der Waals surface area contributed by atoms with Crippen LogP contribution in [-0.4, -0.2) is 127 Å². The average molecular weight is 923 g/mol. The van der Waals surface area contributed by atoms with Crippen LogP contribution >= 0.6 is 0 Å². The highest BCUT2D eigenvalue weighted by Gasteiger charge is 2.45. The molecule has 4 fully saturated rings. The molecule has 1 aromatic carbocycles. The lowest BCUT2D eigenvalue weighted by atomic mass is 9.85. The van der Waals surface area contributed by atoms with E-state index in [4.69, 9.17) is 14.8 Å². The zero-order valence-electron chi connectivity index (χ0n) is 37.9. The van der Waals surface area contributed by atoms with Crippen molar-refractivity contribution in [3.05, 3.63) is 65.2 Å². The molecular formula is C46H55FN12O8. The largest absolute Gasteiger partial charge is 0.444 e. The lowest BCUT2D eigenvalue weighted by molar-refractivity contribution is -0.136. The van der Waals surface area contributed by atoms with Crippen LogP contribution in [0.15, 0.2) is 42.9 Å². The molecule has 1 saturated carbocycles. The Morgan fingerprint density at radius 1 is 0.881 bits per heavy atom. The van der Waals surface area contributed by atoms with Crippen LogP contribution in [0.2, 0.25) is 0 Å². The third-order valence-electron chi connectivity index (χ3n) is 13.3. The third-order valence-corrected chi connectivity index (χ3v) is 13.3. The van der Waals surface area contributed by atoms with E-state index in [1.807, 2.05) is 17.8 Å². The molecule has 1 aliphatic carbocycles. The van der Waals surface area contributed by atoms with Crippen LogP contribution in [0.1, 0.15) is 121 Å². The number of nitrogens with zero attached hydrogens (tertiary/aromatic N) is 8. The van der Waals surface area contributed by atoms with E-state index in [1.54, 1.807) is 56.1 Å². The minimum atomic E-state index is -1.22. The fourth-order valence-electron chi connectivity index (χ4n) is 9.84. The summed E-state index contributed by atoms with van der Waals surface area (Å²) < 4.78 is 23.6. The number of carbonyl (C=O) groups is 7. The fourth-order valence-corrected chi connectivity index (χ4v) is 9.84. The highest BCUT2D eigenvalue weighted by molar-refractivity contribution is 6.23. The van der Waals surface area contributed by atoms with Crippen molar-refractivity contribution < 1.29 is 42.7 Å². The Kier molecular flexibility index (Phi) is 12.2. The van der Waals surface area contributed by atoms with Gasteiger partial charge in [-0.15, -0.1) is 0 Å². The molecule has 1 unspecified atom stereocenters. The Hall–Kier alpha value is -6.93. The second-order valence-corrected chi connectivity index (χ2v) is 19.2. The first-order valence-electron chi connectivity index (χ1n) is 23.0. The van der Waals surface area contributed by atoms with E-state index in [-0.39, 0.29) is 72.1 Å². The van der Waals surface area contributed by atoms with E-state index in [9.17, 15) is 38.0 Å². The van der Waals surface area contributed by atoms with Crippen molar-refractivity contribution in [1.82, 2.24) is 45.2 Å². The summed E-state index contributed by atoms with van der Waals surface area (Å²) in [5.41, 5.74) is 2.24. The molecular weight excluding hydrogens is 868 g/mol. The van der Waals surface area contributed by atoms with E-state index in [0.29, 0.717) is 62.5 Å². The number of alkyl carbamates (subject to hydrolysis) is 1. The van der Waals surface area contributed by atoms with Gasteiger partial charge in [0.05, 0.1) is 47.3 Å². The number of halogens is 1. The normalized spacial score (nSPS) is 23.8. The Labute approximate surface area is 385 Å². The van der Waals surface area contributed by atoms with Gasteiger partial charge in [-0.3, -0.25) is 43.7 Å². The lowest BCUT2D eigenvalue weighted by Gasteiger charge is -2.36. The molecule has 7 heterocycles. The van der Waals surface area contributed by atoms with Gasteiger partial charge in [0.1, 0.15) is 29.2 Å². The molecule has 7 amide bonds. The number of carbonyl (C=O) groups excluding carboxylic acids is 7. The standard InChI is InChI=1S/C46H55FN12O8/c1-25-35(51-41(62)34-21-48-57-18-15-37(52-39(34)57)56-22-27(47)19-29(23-56)50-45(66)67-46(2,3)4)24-58(54-25)30-7-5-26(6-8-30)40(61)49-28-13-16-55(17-14-28)31-9-10-32-33(20-31)44(65)59(43(32)64)36-11-12-38(60)53-42(36)63/h9-10,15,18,20-21,24,26-30,36H,5-8,11-14,16-17,19,22-23H2,1-4H3,(H,49,61)(H,50,66)(H,51,62)(H,53,60,63)/t26?,27-,29-,30?,36?/m1/s1. The summed E-state index contributed by atoms with van der Waals surface area (Å²) in [5, 5.41) is 20.3. The van der Waals surface area contributed by atoms with Crippen LogP contribution in [-0.2, 0) is 19.1 Å². The predicted octanol–water partition coefficient (Wildman–Crippen LogP) is 3.85. The van der Waals surface area contributed by atoms with Gasteiger partial charge in [0, 0.05) is 62.5 Å². The number of anilines is 3. The van der Waals surface area contributed by atoms with Gasteiger partial charge in [-0.2, -0.15) is 10.2 Å². The summed E-state index contributed by atoms with van der Waals surface area (Å²) >= 11 is 0. The number of ether oxygens (including phenoxy) is 1. The number of aromatic nitrogens is 5. The lowest BCUT2D eigenvalue weighted by Crippen LogP contribution is -2.54. The molecule has 3 aromatic heterocycles. The van der Waals surface area contributed by atoms with Gasteiger partial charge >= 0.3 is 6.09 Å². The first kappa shape index (κ1) is 45.2. The van der Waals surface area contributed by atoms with Gasteiger partial charge < -0.3 is 30.5 Å². The van der Waals surface area contributed by atoms with E-state index >= 15 is 0 Å². The number of piperidine rings is 3. The number of benzene rings is 1. The molecule has 0 spiro atoms. The monoisotopic (exact) mass is 922 g/mol. The van der Waals surface area contributed by atoms with Gasteiger partial charge in [-0.25, -0.2) is 18.7 Å². The molecule has 21 heteroatoms. The molecule has 5 aliphatic rings. The Morgan fingerprint density at radius 2 is 1.63 bits per heavy atom. The van der Waals surface area contributed by atoms with E-state index < -0.39 is 59.5 Å². The van der Waals surface area contributed by atoms with Crippen molar-refractivity contribution >= 4 is 64.4 Å². The molecule has 4 aliphatic heterocycles. The summed E-state index contributed by atoms with van der Waals surface area (Å²) in [4.78, 5) is 99.7. The molecule has 0 bridgehead atoms. The summed E-state index contributed by atoms with van der Waals surface area (Å²) in [6.07, 6.45) is 7.59.